The zero-order valence-corrected chi connectivity index (χ0v) is 18.5. The van der Waals surface area contributed by atoms with Crippen molar-refractivity contribution in [3.8, 4) is 11.5 Å². The molecule has 0 fully saturated rings. The van der Waals surface area contributed by atoms with Gasteiger partial charge in [-0.15, -0.1) is 0 Å². The molecule has 2 aliphatic heterocycles. The lowest BCUT2D eigenvalue weighted by Crippen LogP contribution is -2.39. The molecule has 0 radical (unpaired) electrons. The van der Waals surface area contributed by atoms with Crippen LogP contribution in [0, 0.1) is 0 Å². The number of nitrogens with one attached hydrogen (secondary N) is 1. The van der Waals surface area contributed by atoms with Crippen molar-refractivity contribution in [2.45, 2.75) is 12.5 Å². The number of aromatic nitrogens is 1. The second kappa shape index (κ2) is 8.01. The number of H-pyrrole nitrogens is 1. The van der Waals surface area contributed by atoms with Crippen molar-refractivity contribution < 1.29 is 14.3 Å². The Morgan fingerprint density at radius 3 is 2.82 bits per heavy atom. The highest BCUT2D eigenvalue weighted by Crippen LogP contribution is 2.42. The van der Waals surface area contributed by atoms with Crippen LogP contribution in [0.5, 0.6) is 11.5 Å². The predicted molar refractivity (Wildman–Crippen MR) is 129 cm³/mol. The molecule has 1 N–H and O–H groups in total. The summed E-state index contributed by atoms with van der Waals surface area (Å²) in [6.07, 6.45) is 4.22. The molecule has 3 aromatic carbocycles. The molecule has 6 heteroatoms. The molecule has 1 unspecified atom stereocenters. The fourth-order valence-electron chi connectivity index (χ4n) is 4.78. The summed E-state index contributed by atoms with van der Waals surface area (Å²) < 4.78 is 11.1. The van der Waals surface area contributed by atoms with Gasteiger partial charge in [0, 0.05) is 34.2 Å². The first-order chi connectivity index (χ1) is 16.2. The fourth-order valence-corrected chi connectivity index (χ4v) is 4.98. The smallest absolute Gasteiger partial charge is 0.247 e. The van der Waals surface area contributed by atoms with Gasteiger partial charge in [-0.3, -0.25) is 4.79 Å². The standard InChI is InChI=1S/C27H21ClN2O3/c28-19-5-3-4-17(14-19)8-11-25(31)30-13-12-21-20-6-1-2-7-22(20)29-26(21)27(30)18-9-10-23-24(15-18)33-16-32-23/h1-11,14-15,27,29H,12-13,16H2/b11-8+. The van der Waals surface area contributed by atoms with Gasteiger partial charge in [0.15, 0.2) is 11.5 Å². The molecule has 33 heavy (non-hydrogen) atoms. The largest absolute Gasteiger partial charge is 0.454 e. The number of aromatic amines is 1. The summed E-state index contributed by atoms with van der Waals surface area (Å²) in [5.41, 5.74) is 5.26. The summed E-state index contributed by atoms with van der Waals surface area (Å²) >= 11 is 6.10. The Hall–Kier alpha value is -3.70. The Bertz CT molecular complexity index is 1410. The first kappa shape index (κ1) is 19.9. The van der Waals surface area contributed by atoms with Crippen molar-refractivity contribution in [1.29, 1.82) is 0 Å². The first-order valence-corrected chi connectivity index (χ1v) is 11.3. The van der Waals surface area contributed by atoms with Crippen molar-refractivity contribution in [2.75, 3.05) is 13.3 Å². The highest BCUT2D eigenvalue weighted by molar-refractivity contribution is 6.30. The summed E-state index contributed by atoms with van der Waals surface area (Å²) in [6, 6.07) is 21.4. The molecule has 164 valence electrons. The topological polar surface area (TPSA) is 54.6 Å². The zero-order chi connectivity index (χ0) is 22.4. The number of fused-ring (bicyclic) bond motifs is 4. The van der Waals surface area contributed by atoms with E-state index in [1.807, 2.05) is 59.5 Å². The summed E-state index contributed by atoms with van der Waals surface area (Å²) in [5, 5.41) is 1.85. The molecule has 5 nitrogen and oxygen atoms in total. The third-order valence-electron chi connectivity index (χ3n) is 6.30. The number of hydrogen-bond acceptors (Lipinski definition) is 3. The van der Waals surface area contributed by atoms with Gasteiger partial charge in [0.25, 0.3) is 0 Å². The fraction of sp³-hybridized carbons (Fsp3) is 0.148. The predicted octanol–water partition coefficient (Wildman–Crippen LogP) is 5.74. The second-order valence-electron chi connectivity index (χ2n) is 8.25. The average Bonchev–Trinajstić information content (AvgIpc) is 3.46. The van der Waals surface area contributed by atoms with Crippen LogP contribution in [0.25, 0.3) is 17.0 Å². The van der Waals surface area contributed by atoms with E-state index in [4.69, 9.17) is 21.1 Å². The Morgan fingerprint density at radius 1 is 1.03 bits per heavy atom. The van der Waals surface area contributed by atoms with E-state index in [9.17, 15) is 4.79 Å². The minimum absolute atomic E-state index is 0.0538. The van der Waals surface area contributed by atoms with Crippen molar-refractivity contribution in [2.24, 2.45) is 0 Å². The molecule has 6 rings (SSSR count). The van der Waals surface area contributed by atoms with E-state index in [0.717, 1.165) is 34.5 Å². The van der Waals surface area contributed by atoms with Crippen molar-refractivity contribution in [1.82, 2.24) is 9.88 Å². The molecule has 0 spiro atoms. The Balaban J connectivity index is 1.42. The van der Waals surface area contributed by atoms with Crippen LogP contribution < -0.4 is 9.47 Å². The second-order valence-corrected chi connectivity index (χ2v) is 8.68. The van der Waals surface area contributed by atoms with Crippen LogP contribution >= 0.6 is 11.6 Å². The Morgan fingerprint density at radius 2 is 1.91 bits per heavy atom. The quantitative estimate of drug-likeness (QED) is 0.400. The number of para-hydroxylation sites is 1. The van der Waals surface area contributed by atoms with Gasteiger partial charge in [-0.25, -0.2) is 0 Å². The monoisotopic (exact) mass is 456 g/mol. The van der Waals surface area contributed by atoms with Gasteiger partial charge in [-0.2, -0.15) is 0 Å². The number of benzene rings is 3. The molecule has 4 aromatic rings. The summed E-state index contributed by atoms with van der Waals surface area (Å²) in [6.45, 7) is 0.832. The highest BCUT2D eigenvalue weighted by atomic mass is 35.5. The van der Waals surface area contributed by atoms with Crippen LogP contribution in [0.3, 0.4) is 0 Å². The molecule has 0 saturated carbocycles. The van der Waals surface area contributed by atoms with Crippen LogP contribution in [-0.2, 0) is 11.2 Å². The Labute approximate surface area is 196 Å². The molecular weight excluding hydrogens is 436 g/mol. The number of ether oxygens (including phenoxy) is 2. The van der Waals surface area contributed by atoms with Gasteiger partial charge < -0.3 is 19.4 Å². The van der Waals surface area contributed by atoms with Gasteiger partial charge in [0.2, 0.25) is 12.7 Å². The SMILES string of the molecule is O=C(/C=C/c1cccc(Cl)c1)N1CCc2c([nH]c3ccccc23)C1c1ccc2c(c1)OCO2. The highest BCUT2D eigenvalue weighted by Gasteiger charge is 2.34. The lowest BCUT2D eigenvalue weighted by molar-refractivity contribution is -0.128. The van der Waals surface area contributed by atoms with E-state index < -0.39 is 0 Å². The van der Waals surface area contributed by atoms with Crippen LogP contribution in [0.15, 0.2) is 72.8 Å². The molecule has 3 heterocycles. The number of nitrogens with zero attached hydrogens (tertiary/aromatic N) is 1. The number of amides is 1. The van der Waals surface area contributed by atoms with Crippen LogP contribution in [0.2, 0.25) is 5.02 Å². The van der Waals surface area contributed by atoms with Crippen LogP contribution in [-0.4, -0.2) is 29.1 Å². The normalized spacial score (nSPS) is 17.0. The maximum atomic E-state index is 13.4. The van der Waals surface area contributed by atoms with Crippen molar-refractivity contribution in [3.05, 3.63) is 100 Å². The van der Waals surface area contributed by atoms with E-state index in [1.165, 1.54) is 10.9 Å². The van der Waals surface area contributed by atoms with Crippen molar-refractivity contribution in [3.63, 3.8) is 0 Å². The first-order valence-electron chi connectivity index (χ1n) is 10.9. The van der Waals surface area contributed by atoms with Crippen LogP contribution in [0.4, 0.5) is 0 Å². The van der Waals surface area contributed by atoms with Crippen molar-refractivity contribution >= 4 is 34.5 Å². The molecular formula is C27H21ClN2O3. The molecule has 2 aliphatic rings. The molecule has 0 bridgehead atoms. The molecule has 1 aromatic heterocycles. The van der Waals surface area contributed by atoms with E-state index in [-0.39, 0.29) is 18.7 Å². The Kier molecular flexibility index (Phi) is 4.84. The zero-order valence-electron chi connectivity index (χ0n) is 17.8. The average molecular weight is 457 g/mol. The van der Waals surface area contributed by atoms with Gasteiger partial charge in [-0.05, 0) is 59.5 Å². The van der Waals surface area contributed by atoms with E-state index in [2.05, 4.69) is 23.2 Å². The molecule has 0 aliphatic carbocycles. The number of halogens is 1. The molecule has 1 atom stereocenters. The molecule has 1 amide bonds. The van der Waals surface area contributed by atoms with Gasteiger partial charge in [0.1, 0.15) is 0 Å². The molecule has 0 saturated heterocycles. The maximum Gasteiger partial charge on any atom is 0.247 e. The van der Waals surface area contributed by atoms with E-state index >= 15 is 0 Å². The van der Waals surface area contributed by atoms with E-state index in [0.29, 0.717) is 17.3 Å². The van der Waals surface area contributed by atoms with Gasteiger partial charge >= 0.3 is 0 Å². The third-order valence-corrected chi connectivity index (χ3v) is 6.53. The number of carbonyl (C=O) groups excluding carboxylic acids is 1. The van der Waals surface area contributed by atoms with Gasteiger partial charge in [0.05, 0.1) is 6.04 Å². The summed E-state index contributed by atoms with van der Waals surface area (Å²) in [5.74, 6) is 1.38. The minimum Gasteiger partial charge on any atom is -0.454 e. The number of carbonyl (C=O) groups is 1. The number of rotatable bonds is 3. The van der Waals surface area contributed by atoms with Gasteiger partial charge in [-0.1, -0.05) is 48.0 Å². The van der Waals surface area contributed by atoms with E-state index in [1.54, 1.807) is 6.08 Å². The summed E-state index contributed by atoms with van der Waals surface area (Å²) in [7, 11) is 0. The number of hydrogen-bond donors (Lipinski definition) is 1. The maximum absolute atomic E-state index is 13.4. The lowest BCUT2D eigenvalue weighted by atomic mass is 9.92. The summed E-state index contributed by atoms with van der Waals surface area (Å²) in [4.78, 5) is 18.9. The van der Waals surface area contributed by atoms with Crippen LogP contribution in [0.1, 0.15) is 28.4 Å². The lowest BCUT2D eigenvalue weighted by Gasteiger charge is -2.35. The third kappa shape index (κ3) is 3.55. The minimum atomic E-state index is -0.257.